The fourth-order valence-electron chi connectivity index (χ4n) is 3.60. The standard InChI is InChI=1S/C24H21FN6O3S/c1-16-5-7-19(8-6-16)35(32,33)28-12-11-27-23-26-10-9-20(29-23)22-21(17-3-2-4-18(25)15-17)30-24-31(22)13-14-34-24/h2-10,13-15,28H,11-12H2,1H3,(H,26,27,29). The van der Waals surface area contributed by atoms with Gasteiger partial charge in [-0.3, -0.25) is 4.40 Å². The molecule has 0 amide bonds. The van der Waals surface area contributed by atoms with Gasteiger partial charge in [0.05, 0.1) is 10.6 Å². The molecule has 35 heavy (non-hydrogen) atoms. The molecule has 178 valence electrons. The summed E-state index contributed by atoms with van der Waals surface area (Å²) in [4.78, 5) is 13.5. The predicted octanol–water partition coefficient (Wildman–Crippen LogP) is 3.89. The summed E-state index contributed by atoms with van der Waals surface area (Å²) in [5.41, 5.74) is 3.23. The number of sulfonamides is 1. The Hall–Kier alpha value is -4.09. The molecule has 0 fully saturated rings. The first-order chi connectivity index (χ1) is 16.9. The molecule has 3 heterocycles. The van der Waals surface area contributed by atoms with Crippen molar-refractivity contribution in [3.05, 3.63) is 84.6 Å². The average molecular weight is 493 g/mol. The summed E-state index contributed by atoms with van der Waals surface area (Å²) in [7, 11) is -3.62. The van der Waals surface area contributed by atoms with E-state index in [0.717, 1.165) is 5.56 Å². The van der Waals surface area contributed by atoms with Gasteiger partial charge in [-0.2, -0.15) is 4.98 Å². The number of hydrogen-bond donors (Lipinski definition) is 2. The minimum absolute atomic E-state index is 0.136. The molecule has 5 rings (SSSR count). The summed E-state index contributed by atoms with van der Waals surface area (Å²) in [5.74, 6) is 0.273. The van der Waals surface area contributed by atoms with Crippen molar-refractivity contribution in [2.45, 2.75) is 11.8 Å². The molecule has 0 saturated carbocycles. The Morgan fingerprint density at radius 1 is 1.06 bits per heavy atom. The van der Waals surface area contributed by atoms with Crippen LogP contribution >= 0.6 is 0 Å². The molecule has 2 aromatic carbocycles. The molecule has 2 N–H and O–H groups in total. The van der Waals surface area contributed by atoms with Crippen molar-refractivity contribution in [3.63, 3.8) is 0 Å². The molecule has 9 nitrogen and oxygen atoms in total. The maximum absolute atomic E-state index is 13.9. The number of rotatable bonds is 8. The Balaban J connectivity index is 1.34. The van der Waals surface area contributed by atoms with Crippen LogP contribution in [0.3, 0.4) is 0 Å². The highest BCUT2D eigenvalue weighted by atomic mass is 32.2. The number of benzene rings is 2. The maximum Gasteiger partial charge on any atom is 0.306 e. The van der Waals surface area contributed by atoms with Gasteiger partial charge in [-0.05, 0) is 37.3 Å². The van der Waals surface area contributed by atoms with Gasteiger partial charge in [-0.1, -0.05) is 29.8 Å². The monoisotopic (exact) mass is 492 g/mol. The van der Waals surface area contributed by atoms with E-state index in [0.29, 0.717) is 34.4 Å². The molecule has 11 heteroatoms. The van der Waals surface area contributed by atoms with Gasteiger partial charge >= 0.3 is 5.84 Å². The van der Waals surface area contributed by atoms with Crippen LogP contribution < -0.4 is 10.0 Å². The highest BCUT2D eigenvalue weighted by Crippen LogP contribution is 2.32. The van der Waals surface area contributed by atoms with Crippen molar-refractivity contribution in [2.75, 3.05) is 18.4 Å². The van der Waals surface area contributed by atoms with Gasteiger partial charge in [0.2, 0.25) is 16.0 Å². The highest BCUT2D eigenvalue weighted by Gasteiger charge is 2.20. The number of aromatic nitrogens is 4. The summed E-state index contributed by atoms with van der Waals surface area (Å²) in [6.45, 7) is 2.29. The Kier molecular flexibility index (Phi) is 6.01. The minimum atomic E-state index is -3.62. The quantitative estimate of drug-likeness (QED) is 0.316. The Bertz CT molecular complexity index is 1600. The second-order valence-corrected chi connectivity index (χ2v) is 9.54. The Morgan fingerprint density at radius 2 is 1.89 bits per heavy atom. The lowest BCUT2D eigenvalue weighted by molar-refractivity contribution is 0.582. The third-order valence-electron chi connectivity index (χ3n) is 5.29. The van der Waals surface area contributed by atoms with Crippen molar-refractivity contribution in [3.8, 4) is 22.6 Å². The topological polar surface area (TPSA) is 114 Å². The SMILES string of the molecule is Cc1ccc(S(=O)(=O)NCCNc2nccc(-c3c(-c4cccc(F)c4)nc4occn34)n2)cc1. The van der Waals surface area contributed by atoms with Crippen LogP contribution in [-0.4, -0.2) is 40.9 Å². The zero-order valence-electron chi connectivity index (χ0n) is 18.6. The van der Waals surface area contributed by atoms with Crippen LogP contribution in [0.15, 0.2) is 82.6 Å². The third-order valence-corrected chi connectivity index (χ3v) is 6.77. The summed E-state index contributed by atoms with van der Waals surface area (Å²) in [6.07, 6.45) is 4.78. The van der Waals surface area contributed by atoms with E-state index in [1.54, 1.807) is 59.3 Å². The molecular formula is C24H21FN6O3S. The number of fused-ring (bicyclic) bond motifs is 1. The summed E-state index contributed by atoms with van der Waals surface area (Å²) in [6, 6.07) is 14.5. The van der Waals surface area contributed by atoms with Crippen LogP contribution in [0.2, 0.25) is 0 Å². The van der Waals surface area contributed by atoms with Gasteiger partial charge in [0.15, 0.2) is 0 Å². The Morgan fingerprint density at radius 3 is 2.69 bits per heavy atom. The zero-order valence-corrected chi connectivity index (χ0v) is 19.5. The van der Waals surface area contributed by atoms with E-state index in [1.807, 2.05) is 6.92 Å². The van der Waals surface area contributed by atoms with E-state index in [2.05, 4.69) is 25.0 Å². The smallest absolute Gasteiger partial charge is 0.306 e. The first-order valence-electron chi connectivity index (χ1n) is 10.8. The lowest BCUT2D eigenvalue weighted by Gasteiger charge is -2.09. The fourth-order valence-corrected chi connectivity index (χ4v) is 4.64. The molecule has 0 bridgehead atoms. The normalized spacial score (nSPS) is 11.7. The molecule has 0 unspecified atom stereocenters. The molecule has 3 aromatic heterocycles. The Labute approximate surface area is 200 Å². The molecule has 0 atom stereocenters. The van der Waals surface area contributed by atoms with Gasteiger partial charge in [0.1, 0.15) is 23.5 Å². The number of aryl methyl sites for hydroxylation is 1. The number of oxazole rings is 1. The van der Waals surface area contributed by atoms with Crippen molar-refractivity contribution in [1.82, 2.24) is 24.1 Å². The summed E-state index contributed by atoms with van der Waals surface area (Å²) in [5, 5.41) is 3.03. The van der Waals surface area contributed by atoms with E-state index in [1.165, 1.54) is 18.4 Å². The van der Waals surface area contributed by atoms with Gasteiger partial charge in [-0.15, -0.1) is 0 Å². The average Bonchev–Trinajstić information content (AvgIpc) is 3.44. The second-order valence-electron chi connectivity index (χ2n) is 7.78. The van der Waals surface area contributed by atoms with E-state index in [4.69, 9.17) is 4.42 Å². The molecule has 5 aromatic rings. The number of hydrogen-bond acceptors (Lipinski definition) is 7. The molecule has 0 aliphatic rings. The van der Waals surface area contributed by atoms with E-state index >= 15 is 0 Å². The van der Waals surface area contributed by atoms with Crippen LogP contribution in [0.4, 0.5) is 10.3 Å². The van der Waals surface area contributed by atoms with Crippen molar-refractivity contribution >= 4 is 21.8 Å². The molecule has 0 saturated heterocycles. The predicted molar refractivity (Wildman–Crippen MR) is 129 cm³/mol. The van der Waals surface area contributed by atoms with Gasteiger partial charge in [0, 0.05) is 31.0 Å². The molecule has 0 aliphatic heterocycles. The number of halogens is 1. The molecule has 0 spiro atoms. The van der Waals surface area contributed by atoms with Crippen LogP contribution in [0, 0.1) is 12.7 Å². The lowest BCUT2D eigenvalue weighted by atomic mass is 10.1. The third kappa shape index (κ3) is 4.77. The maximum atomic E-state index is 13.9. The van der Waals surface area contributed by atoms with Gasteiger partial charge in [-0.25, -0.2) is 27.5 Å². The number of nitrogens with zero attached hydrogens (tertiary/aromatic N) is 4. The molecule has 0 aliphatic carbocycles. The number of anilines is 1. The van der Waals surface area contributed by atoms with E-state index in [-0.39, 0.29) is 23.8 Å². The van der Waals surface area contributed by atoms with Crippen molar-refractivity contribution < 1.29 is 17.2 Å². The van der Waals surface area contributed by atoms with Crippen molar-refractivity contribution in [1.29, 1.82) is 0 Å². The first-order valence-corrected chi connectivity index (χ1v) is 12.2. The van der Waals surface area contributed by atoms with Crippen LogP contribution in [0.5, 0.6) is 0 Å². The van der Waals surface area contributed by atoms with Crippen molar-refractivity contribution in [2.24, 2.45) is 0 Å². The summed E-state index contributed by atoms with van der Waals surface area (Å²) < 4.78 is 48.5. The largest absolute Gasteiger partial charge is 0.432 e. The highest BCUT2D eigenvalue weighted by molar-refractivity contribution is 7.89. The van der Waals surface area contributed by atoms with Gasteiger partial charge < -0.3 is 9.73 Å². The summed E-state index contributed by atoms with van der Waals surface area (Å²) >= 11 is 0. The van der Waals surface area contributed by atoms with Crippen LogP contribution in [0.25, 0.3) is 28.5 Å². The lowest BCUT2D eigenvalue weighted by Crippen LogP contribution is -2.29. The number of nitrogens with one attached hydrogen (secondary N) is 2. The molecular weight excluding hydrogens is 471 g/mol. The van der Waals surface area contributed by atoms with Crippen LogP contribution in [-0.2, 0) is 10.0 Å². The zero-order chi connectivity index (χ0) is 24.4. The first kappa shape index (κ1) is 22.7. The minimum Gasteiger partial charge on any atom is -0.432 e. The van der Waals surface area contributed by atoms with E-state index in [9.17, 15) is 12.8 Å². The van der Waals surface area contributed by atoms with Gasteiger partial charge in [0.25, 0.3) is 0 Å². The fraction of sp³-hybridized carbons (Fsp3) is 0.125. The van der Waals surface area contributed by atoms with Crippen LogP contribution in [0.1, 0.15) is 5.56 Å². The van der Waals surface area contributed by atoms with E-state index < -0.39 is 10.0 Å². The molecule has 0 radical (unpaired) electrons. The second kappa shape index (κ2) is 9.28. The number of imidazole rings is 1.